The minimum absolute atomic E-state index is 0. The Kier molecular flexibility index (Phi) is 8.38. The highest BCUT2D eigenvalue weighted by Crippen LogP contribution is 2.23. The van der Waals surface area contributed by atoms with Crippen LogP contribution in [-0.4, -0.2) is 36.3 Å². The molecule has 1 amide bonds. The molecule has 3 atom stereocenters. The van der Waals surface area contributed by atoms with E-state index in [1.807, 2.05) is 0 Å². The second-order valence-electron chi connectivity index (χ2n) is 5.91. The van der Waals surface area contributed by atoms with Crippen LogP contribution in [-0.2, 0) is 4.79 Å². The van der Waals surface area contributed by atoms with Crippen LogP contribution in [0.5, 0.6) is 5.75 Å². The lowest BCUT2D eigenvalue weighted by Gasteiger charge is -2.26. The molecule has 8 heteroatoms. The minimum atomic E-state index is -1.01. The molecule has 2 rings (SSSR count). The molecule has 0 aliphatic heterocycles. The zero-order valence-electron chi connectivity index (χ0n) is 13.2. The van der Waals surface area contributed by atoms with Crippen molar-refractivity contribution in [1.29, 1.82) is 0 Å². The lowest BCUT2D eigenvalue weighted by Crippen LogP contribution is -2.41. The molecule has 0 bridgehead atoms. The number of rotatable bonds is 6. The van der Waals surface area contributed by atoms with Crippen LogP contribution in [0.25, 0.3) is 0 Å². The van der Waals surface area contributed by atoms with E-state index in [0.29, 0.717) is 6.42 Å². The topological polar surface area (TPSA) is 84.6 Å². The molecule has 24 heavy (non-hydrogen) atoms. The first kappa shape index (κ1) is 20.6. The number of nitrogens with one attached hydrogen (secondary N) is 1. The van der Waals surface area contributed by atoms with Crippen LogP contribution in [0.15, 0.2) is 18.2 Å². The summed E-state index contributed by atoms with van der Waals surface area (Å²) in [7, 11) is 0. The molecule has 0 heterocycles. The predicted octanol–water partition coefficient (Wildman–Crippen LogP) is 1.76. The molecule has 3 unspecified atom stereocenters. The molecule has 5 nitrogen and oxygen atoms in total. The zero-order valence-corrected chi connectivity index (χ0v) is 14.0. The van der Waals surface area contributed by atoms with E-state index in [1.54, 1.807) is 0 Å². The smallest absolute Gasteiger partial charge is 0.223 e. The van der Waals surface area contributed by atoms with E-state index in [4.69, 9.17) is 10.5 Å². The quantitative estimate of drug-likeness (QED) is 0.718. The molecule has 0 radical (unpaired) electrons. The van der Waals surface area contributed by atoms with Gasteiger partial charge >= 0.3 is 0 Å². The Bertz CT molecular complexity index is 548. The van der Waals surface area contributed by atoms with Crippen molar-refractivity contribution < 1.29 is 23.4 Å². The third kappa shape index (κ3) is 6.22. The summed E-state index contributed by atoms with van der Waals surface area (Å²) in [6.45, 7) is -0.0935. The van der Waals surface area contributed by atoms with Crippen molar-refractivity contribution in [2.45, 2.75) is 37.8 Å². The third-order valence-electron chi connectivity index (χ3n) is 3.93. The number of aliphatic hydroxyl groups is 1. The van der Waals surface area contributed by atoms with Crippen LogP contribution in [0.3, 0.4) is 0 Å². The Morgan fingerprint density at radius 1 is 1.38 bits per heavy atom. The highest BCUT2D eigenvalue weighted by molar-refractivity contribution is 5.85. The number of aliphatic hydroxyl groups excluding tert-OH is 1. The van der Waals surface area contributed by atoms with E-state index in [9.17, 15) is 18.7 Å². The number of carbonyl (C=O) groups is 1. The summed E-state index contributed by atoms with van der Waals surface area (Å²) in [5, 5.41) is 12.5. The lowest BCUT2D eigenvalue weighted by atomic mass is 9.85. The van der Waals surface area contributed by atoms with Gasteiger partial charge in [0.2, 0.25) is 5.91 Å². The first-order valence-corrected chi connectivity index (χ1v) is 7.75. The fourth-order valence-electron chi connectivity index (χ4n) is 2.65. The maximum absolute atomic E-state index is 13.0. The maximum Gasteiger partial charge on any atom is 0.223 e. The number of nitrogens with two attached hydrogens (primary N) is 1. The first-order valence-electron chi connectivity index (χ1n) is 7.75. The van der Waals surface area contributed by atoms with Crippen molar-refractivity contribution in [3.63, 3.8) is 0 Å². The largest absolute Gasteiger partial charge is 0.491 e. The van der Waals surface area contributed by atoms with Gasteiger partial charge in [-0.2, -0.15) is 0 Å². The van der Waals surface area contributed by atoms with Crippen LogP contribution in [0.1, 0.15) is 25.7 Å². The van der Waals surface area contributed by atoms with Gasteiger partial charge in [-0.3, -0.25) is 4.79 Å². The predicted molar refractivity (Wildman–Crippen MR) is 88.1 cm³/mol. The number of halogens is 3. The van der Waals surface area contributed by atoms with Gasteiger partial charge < -0.3 is 20.9 Å². The summed E-state index contributed by atoms with van der Waals surface area (Å²) in [5.74, 6) is -2.09. The van der Waals surface area contributed by atoms with Crippen molar-refractivity contribution in [2.24, 2.45) is 11.7 Å². The lowest BCUT2D eigenvalue weighted by molar-refractivity contribution is -0.126. The summed E-state index contributed by atoms with van der Waals surface area (Å²) in [5.41, 5.74) is 5.85. The molecule has 1 saturated carbocycles. The summed E-state index contributed by atoms with van der Waals surface area (Å²) < 4.78 is 31.0. The van der Waals surface area contributed by atoms with Gasteiger partial charge in [-0.25, -0.2) is 8.78 Å². The van der Waals surface area contributed by atoms with Gasteiger partial charge in [0, 0.05) is 24.6 Å². The summed E-state index contributed by atoms with van der Waals surface area (Å²) >= 11 is 0. The molecule has 0 aromatic heterocycles. The van der Waals surface area contributed by atoms with Crippen LogP contribution in [0, 0.1) is 17.6 Å². The van der Waals surface area contributed by atoms with Crippen LogP contribution < -0.4 is 15.8 Å². The summed E-state index contributed by atoms with van der Waals surface area (Å²) in [6, 6.07) is 3.18. The fourth-order valence-corrected chi connectivity index (χ4v) is 2.65. The molecule has 1 aromatic carbocycles. The Morgan fingerprint density at radius 2 is 2.12 bits per heavy atom. The molecule has 1 aliphatic carbocycles. The Labute approximate surface area is 146 Å². The molecule has 1 fully saturated rings. The number of carbonyl (C=O) groups excluding carboxylic acids is 1. The Balaban J connectivity index is 0.00000288. The number of hydrogen-bond donors (Lipinski definition) is 3. The highest BCUT2D eigenvalue weighted by Gasteiger charge is 2.25. The first-order chi connectivity index (χ1) is 11.0. The highest BCUT2D eigenvalue weighted by atomic mass is 35.5. The van der Waals surface area contributed by atoms with E-state index in [0.717, 1.165) is 31.4 Å². The molecule has 4 N–H and O–H groups in total. The van der Waals surface area contributed by atoms with Gasteiger partial charge in [0.25, 0.3) is 0 Å². The maximum atomic E-state index is 13.0. The van der Waals surface area contributed by atoms with Crippen molar-refractivity contribution in [3.05, 3.63) is 29.8 Å². The average Bonchev–Trinajstić information content (AvgIpc) is 2.53. The molecule has 1 aromatic rings. The van der Waals surface area contributed by atoms with E-state index in [1.165, 1.54) is 6.07 Å². The van der Waals surface area contributed by atoms with Gasteiger partial charge in [-0.05, 0) is 31.4 Å². The molecule has 0 saturated heterocycles. The van der Waals surface area contributed by atoms with Gasteiger partial charge in [0.15, 0.2) is 11.6 Å². The summed E-state index contributed by atoms with van der Waals surface area (Å²) in [4.78, 5) is 12.0. The van der Waals surface area contributed by atoms with Crippen LogP contribution in [0.4, 0.5) is 8.78 Å². The van der Waals surface area contributed by atoms with Gasteiger partial charge in [-0.1, -0.05) is 6.42 Å². The van der Waals surface area contributed by atoms with E-state index < -0.39 is 17.7 Å². The second-order valence-corrected chi connectivity index (χ2v) is 5.91. The van der Waals surface area contributed by atoms with E-state index in [-0.39, 0.29) is 49.2 Å². The Morgan fingerprint density at radius 3 is 2.79 bits per heavy atom. The number of amides is 1. The third-order valence-corrected chi connectivity index (χ3v) is 3.93. The molecule has 0 spiro atoms. The van der Waals surface area contributed by atoms with Gasteiger partial charge in [0.1, 0.15) is 18.5 Å². The van der Waals surface area contributed by atoms with E-state index in [2.05, 4.69) is 5.32 Å². The number of ether oxygens (including phenoxy) is 1. The molecular weight excluding hydrogens is 342 g/mol. The average molecular weight is 365 g/mol. The SMILES string of the molecule is Cl.NC1CCCC(C(=O)NCC(O)COc2ccc(F)c(F)c2)C1. The monoisotopic (exact) mass is 364 g/mol. The van der Waals surface area contributed by atoms with Crippen molar-refractivity contribution in [3.8, 4) is 5.75 Å². The number of hydrogen-bond acceptors (Lipinski definition) is 4. The molecule has 1 aliphatic rings. The normalized spacial score (nSPS) is 21.5. The van der Waals surface area contributed by atoms with Gasteiger partial charge in [0.05, 0.1) is 0 Å². The van der Waals surface area contributed by atoms with E-state index >= 15 is 0 Å². The van der Waals surface area contributed by atoms with Crippen molar-refractivity contribution in [1.82, 2.24) is 5.32 Å². The second kappa shape index (κ2) is 9.76. The van der Waals surface area contributed by atoms with Crippen molar-refractivity contribution >= 4 is 18.3 Å². The molecule has 136 valence electrons. The molecular formula is C16H23ClF2N2O3. The minimum Gasteiger partial charge on any atom is -0.491 e. The summed E-state index contributed by atoms with van der Waals surface area (Å²) in [6.07, 6.45) is 2.40. The fraction of sp³-hybridized carbons (Fsp3) is 0.562. The van der Waals surface area contributed by atoms with Crippen LogP contribution >= 0.6 is 12.4 Å². The Hall–Kier alpha value is -1.44. The van der Waals surface area contributed by atoms with Gasteiger partial charge in [-0.15, -0.1) is 12.4 Å². The zero-order chi connectivity index (χ0) is 16.8. The standard InChI is InChI=1S/C16H22F2N2O3.ClH/c17-14-5-4-13(7-15(14)18)23-9-12(21)8-20-16(22)10-2-1-3-11(19)6-10;/h4-5,7,10-12,21H,1-3,6,8-9,19H2,(H,20,22);1H. The van der Waals surface area contributed by atoms with Crippen molar-refractivity contribution in [2.75, 3.05) is 13.2 Å². The number of benzene rings is 1. The van der Waals surface area contributed by atoms with Crippen LogP contribution in [0.2, 0.25) is 0 Å².